The summed E-state index contributed by atoms with van der Waals surface area (Å²) < 4.78 is 0. The van der Waals surface area contributed by atoms with Gasteiger partial charge in [0, 0.05) is 12.1 Å². The molecule has 0 atom stereocenters. The van der Waals surface area contributed by atoms with Crippen molar-refractivity contribution >= 4 is 11.9 Å². The van der Waals surface area contributed by atoms with Crippen molar-refractivity contribution in [1.82, 2.24) is 5.32 Å². The lowest BCUT2D eigenvalue weighted by atomic mass is 9.66. The van der Waals surface area contributed by atoms with Crippen LogP contribution in [0.5, 0.6) is 0 Å². The number of carbonyl (C=O) groups excluding carboxylic acids is 1. The van der Waals surface area contributed by atoms with Crippen molar-refractivity contribution in [2.75, 3.05) is 6.54 Å². The van der Waals surface area contributed by atoms with Crippen LogP contribution in [0, 0.1) is 19.3 Å². The number of carboxylic acid groups (broad SMARTS) is 1. The molecule has 0 heterocycles. The third-order valence-electron chi connectivity index (χ3n) is 4.41. The average Bonchev–Trinajstić information content (AvgIpc) is 2.35. The fourth-order valence-corrected chi connectivity index (χ4v) is 2.77. The van der Waals surface area contributed by atoms with E-state index in [1.165, 1.54) is 0 Å². The Labute approximate surface area is 119 Å². The molecule has 1 amide bonds. The number of hydrogen-bond donors (Lipinski definition) is 2. The topological polar surface area (TPSA) is 66.4 Å². The lowest BCUT2D eigenvalue weighted by Crippen LogP contribution is -2.43. The zero-order valence-electron chi connectivity index (χ0n) is 12.0. The summed E-state index contributed by atoms with van der Waals surface area (Å²) >= 11 is 0. The van der Waals surface area contributed by atoms with Gasteiger partial charge >= 0.3 is 5.97 Å². The number of nitrogens with one attached hydrogen (secondary N) is 1. The van der Waals surface area contributed by atoms with Crippen molar-refractivity contribution in [1.29, 1.82) is 0 Å². The van der Waals surface area contributed by atoms with Crippen molar-refractivity contribution < 1.29 is 14.7 Å². The summed E-state index contributed by atoms with van der Waals surface area (Å²) in [7, 11) is 0. The molecule has 1 aliphatic rings. The van der Waals surface area contributed by atoms with E-state index in [4.69, 9.17) is 5.11 Å². The highest BCUT2D eigenvalue weighted by molar-refractivity contribution is 5.95. The molecule has 1 aromatic carbocycles. The van der Waals surface area contributed by atoms with E-state index < -0.39 is 5.97 Å². The van der Waals surface area contributed by atoms with Crippen molar-refractivity contribution in [2.45, 2.75) is 39.5 Å². The Morgan fingerprint density at radius 1 is 1.30 bits per heavy atom. The molecule has 20 heavy (non-hydrogen) atoms. The van der Waals surface area contributed by atoms with Gasteiger partial charge in [-0.05, 0) is 49.3 Å². The highest BCUT2D eigenvalue weighted by atomic mass is 16.4. The van der Waals surface area contributed by atoms with Gasteiger partial charge in [0.2, 0.25) is 0 Å². The monoisotopic (exact) mass is 275 g/mol. The van der Waals surface area contributed by atoms with E-state index in [-0.39, 0.29) is 17.7 Å². The number of amides is 1. The van der Waals surface area contributed by atoms with Gasteiger partial charge < -0.3 is 10.4 Å². The normalized spacial score (nSPS) is 16.3. The number of aryl methyl sites for hydroxylation is 1. The first-order valence-corrected chi connectivity index (χ1v) is 7.00. The maximum atomic E-state index is 12.2. The van der Waals surface area contributed by atoms with Crippen molar-refractivity contribution in [3.8, 4) is 0 Å². The van der Waals surface area contributed by atoms with Gasteiger partial charge in [-0.3, -0.25) is 9.59 Å². The Hall–Kier alpha value is -1.84. The maximum Gasteiger partial charge on any atom is 0.303 e. The Bertz CT molecular complexity index is 533. The summed E-state index contributed by atoms with van der Waals surface area (Å²) in [5.41, 5.74) is 2.50. The Morgan fingerprint density at radius 2 is 2.00 bits per heavy atom. The molecule has 0 spiro atoms. The van der Waals surface area contributed by atoms with Gasteiger partial charge in [-0.1, -0.05) is 18.6 Å². The Balaban J connectivity index is 2.01. The molecule has 1 aromatic rings. The highest BCUT2D eigenvalue weighted by Gasteiger charge is 2.39. The van der Waals surface area contributed by atoms with Crippen LogP contribution in [-0.4, -0.2) is 23.5 Å². The molecule has 0 aliphatic heterocycles. The minimum Gasteiger partial charge on any atom is -0.481 e. The molecule has 2 rings (SSSR count). The van der Waals surface area contributed by atoms with Crippen LogP contribution in [0.3, 0.4) is 0 Å². The summed E-state index contributed by atoms with van der Waals surface area (Å²) in [6, 6.07) is 5.65. The largest absolute Gasteiger partial charge is 0.481 e. The first kappa shape index (κ1) is 14.6. The molecule has 4 heteroatoms. The van der Waals surface area contributed by atoms with Crippen LogP contribution in [-0.2, 0) is 4.79 Å². The molecule has 4 nitrogen and oxygen atoms in total. The molecule has 1 saturated carbocycles. The van der Waals surface area contributed by atoms with Crippen LogP contribution in [0.15, 0.2) is 18.2 Å². The second-order valence-corrected chi connectivity index (χ2v) is 5.85. The zero-order chi connectivity index (χ0) is 14.8. The third-order valence-corrected chi connectivity index (χ3v) is 4.41. The van der Waals surface area contributed by atoms with Crippen LogP contribution < -0.4 is 5.32 Å². The number of hydrogen-bond acceptors (Lipinski definition) is 2. The van der Waals surface area contributed by atoms with Crippen LogP contribution in [0.2, 0.25) is 0 Å². The number of carbonyl (C=O) groups is 2. The minimum absolute atomic E-state index is 0.108. The van der Waals surface area contributed by atoms with E-state index in [1.54, 1.807) is 0 Å². The van der Waals surface area contributed by atoms with Crippen LogP contribution >= 0.6 is 0 Å². The third kappa shape index (κ3) is 3.00. The van der Waals surface area contributed by atoms with Gasteiger partial charge in [0.25, 0.3) is 5.91 Å². The van der Waals surface area contributed by atoms with Crippen molar-refractivity contribution in [3.05, 3.63) is 34.9 Å². The molecule has 1 fully saturated rings. The first-order chi connectivity index (χ1) is 9.43. The Morgan fingerprint density at radius 3 is 2.55 bits per heavy atom. The summed E-state index contributed by atoms with van der Waals surface area (Å²) in [5, 5.41) is 11.9. The van der Waals surface area contributed by atoms with Gasteiger partial charge in [-0.25, -0.2) is 0 Å². The molecule has 108 valence electrons. The van der Waals surface area contributed by atoms with E-state index in [0.29, 0.717) is 12.1 Å². The summed E-state index contributed by atoms with van der Waals surface area (Å²) in [6.45, 7) is 4.36. The predicted octanol–water partition coefficient (Wildman–Crippen LogP) is 2.68. The molecule has 0 unspecified atom stereocenters. The van der Waals surface area contributed by atoms with E-state index >= 15 is 0 Å². The summed E-state index contributed by atoms with van der Waals surface area (Å²) in [4.78, 5) is 23.1. The lowest BCUT2D eigenvalue weighted by Gasteiger charge is -2.40. The highest BCUT2D eigenvalue weighted by Crippen LogP contribution is 2.43. The van der Waals surface area contributed by atoms with E-state index in [9.17, 15) is 9.59 Å². The second kappa shape index (κ2) is 5.65. The molecule has 2 N–H and O–H groups in total. The first-order valence-electron chi connectivity index (χ1n) is 7.00. The van der Waals surface area contributed by atoms with Gasteiger partial charge in [-0.15, -0.1) is 0 Å². The van der Waals surface area contributed by atoms with Crippen LogP contribution in [0.25, 0.3) is 0 Å². The number of aliphatic carboxylic acids is 1. The predicted molar refractivity (Wildman–Crippen MR) is 76.8 cm³/mol. The fourth-order valence-electron chi connectivity index (χ4n) is 2.77. The molecular formula is C16H21NO3. The smallest absolute Gasteiger partial charge is 0.303 e. The van der Waals surface area contributed by atoms with Crippen LogP contribution in [0.1, 0.15) is 47.2 Å². The summed E-state index contributed by atoms with van der Waals surface area (Å²) in [6.07, 6.45) is 2.95. The minimum atomic E-state index is -0.786. The van der Waals surface area contributed by atoms with E-state index in [0.717, 1.165) is 30.4 Å². The molecule has 0 bridgehead atoms. The standard InChI is InChI=1S/C16H21NO3/c1-11-5-3-6-13(12(11)2)15(20)17-10-16(7-4-8-16)9-14(18)19/h3,5-6H,4,7-10H2,1-2H3,(H,17,20)(H,18,19). The second-order valence-electron chi connectivity index (χ2n) is 5.85. The molecule has 1 aliphatic carbocycles. The Kier molecular flexibility index (Phi) is 4.12. The number of rotatable bonds is 5. The molecule has 0 radical (unpaired) electrons. The average molecular weight is 275 g/mol. The quantitative estimate of drug-likeness (QED) is 0.868. The fraction of sp³-hybridized carbons (Fsp3) is 0.500. The van der Waals surface area contributed by atoms with Gasteiger partial charge in [0.1, 0.15) is 0 Å². The van der Waals surface area contributed by atoms with E-state index in [1.807, 2.05) is 32.0 Å². The SMILES string of the molecule is Cc1cccc(C(=O)NCC2(CC(=O)O)CCC2)c1C. The molecular weight excluding hydrogens is 254 g/mol. The summed E-state index contributed by atoms with van der Waals surface area (Å²) in [5.74, 6) is -0.895. The maximum absolute atomic E-state index is 12.2. The van der Waals surface area contributed by atoms with Crippen molar-refractivity contribution in [2.24, 2.45) is 5.41 Å². The number of benzene rings is 1. The van der Waals surface area contributed by atoms with Gasteiger partial charge in [0.05, 0.1) is 6.42 Å². The lowest BCUT2D eigenvalue weighted by molar-refractivity contribution is -0.141. The molecule has 0 aromatic heterocycles. The van der Waals surface area contributed by atoms with E-state index in [2.05, 4.69) is 5.32 Å². The molecule has 0 saturated heterocycles. The number of carboxylic acids is 1. The van der Waals surface area contributed by atoms with Gasteiger partial charge in [0.15, 0.2) is 0 Å². The zero-order valence-corrected chi connectivity index (χ0v) is 12.0. The van der Waals surface area contributed by atoms with Crippen molar-refractivity contribution in [3.63, 3.8) is 0 Å². The van der Waals surface area contributed by atoms with Crippen LogP contribution in [0.4, 0.5) is 0 Å². The van der Waals surface area contributed by atoms with Gasteiger partial charge in [-0.2, -0.15) is 0 Å².